The quantitative estimate of drug-likeness (QED) is 0.487. The summed E-state index contributed by atoms with van der Waals surface area (Å²) in [5.74, 6) is 0. The molecule has 0 radical (unpaired) electrons. The largest absolute Gasteiger partial charge is 0.465 e. The minimum absolute atomic E-state index is 0.0966. The second-order valence-corrected chi connectivity index (χ2v) is 22.0. The van der Waals surface area contributed by atoms with Crippen LogP contribution in [0.5, 0.6) is 0 Å². The Morgan fingerprint density at radius 3 is 2.23 bits per heavy atom. The maximum absolute atomic E-state index is 13.2. The van der Waals surface area contributed by atoms with Gasteiger partial charge in [-0.3, -0.25) is 9.69 Å². The van der Waals surface area contributed by atoms with Crippen molar-refractivity contribution in [3.63, 3.8) is 0 Å². The Labute approximate surface area is 189 Å². The predicted octanol–water partition coefficient (Wildman–Crippen LogP) is 6.18. The van der Waals surface area contributed by atoms with Gasteiger partial charge in [0.25, 0.3) is 5.56 Å². The highest BCUT2D eigenvalue weighted by molar-refractivity contribution is 6.76. The number of carboxylic acid groups (broad SMARTS) is 1. The van der Waals surface area contributed by atoms with E-state index >= 15 is 0 Å². The van der Waals surface area contributed by atoms with Gasteiger partial charge in [0.15, 0.2) is 8.32 Å². The highest BCUT2D eigenvalue weighted by Gasteiger charge is 2.40. The Hall–Kier alpha value is -1.39. The lowest BCUT2D eigenvalue weighted by Crippen LogP contribution is -2.45. The molecule has 0 unspecified atom stereocenters. The molecule has 0 atom stereocenters. The van der Waals surface area contributed by atoms with Crippen molar-refractivity contribution in [3.05, 3.63) is 28.7 Å². The van der Waals surface area contributed by atoms with Gasteiger partial charge in [0.2, 0.25) is 0 Å². The normalized spacial score (nSPS) is 20.5. The molecule has 8 heteroatoms. The van der Waals surface area contributed by atoms with Crippen LogP contribution in [0.15, 0.2) is 23.1 Å². The SMILES string of the molecule is CC(C)(C)[Si](C)(C)OC1CCC(n2cccc(N(CC[Si](C)(C)C)C(=O)O)c2=O)CC1. The Bertz CT molecular complexity index is 816. The van der Waals surface area contributed by atoms with Gasteiger partial charge in [0.1, 0.15) is 5.69 Å². The smallest absolute Gasteiger partial charge is 0.411 e. The maximum atomic E-state index is 13.2. The molecule has 1 aliphatic rings. The first-order valence-corrected chi connectivity index (χ1v) is 18.1. The summed E-state index contributed by atoms with van der Waals surface area (Å²) in [6.07, 6.45) is 4.64. The van der Waals surface area contributed by atoms with E-state index in [0.29, 0.717) is 6.54 Å². The van der Waals surface area contributed by atoms with Crippen molar-refractivity contribution in [2.75, 3.05) is 11.4 Å². The Morgan fingerprint density at radius 1 is 1.16 bits per heavy atom. The molecule has 1 aromatic heterocycles. The van der Waals surface area contributed by atoms with Crippen LogP contribution >= 0.6 is 0 Å². The predicted molar refractivity (Wildman–Crippen MR) is 134 cm³/mol. The number of nitrogens with zero attached hydrogens (tertiary/aromatic N) is 2. The highest BCUT2D eigenvalue weighted by atomic mass is 28.4. The van der Waals surface area contributed by atoms with Crippen LogP contribution in [0.4, 0.5) is 10.5 Å². The molecule has 1 saturated carbocycles. The van der Waals surface area contributed by atoms with Gasteiger partial charge in [-0.2, -0.15) is 0 Å². The van der Waals surface area contributed by atoms with E-state index in [1.807, 2.05) is 6.20 Å². The standard InChI is InChI=1S/C23H42N2O4Si2/c1-23(2,3)31(7,8)29-19-13-11-18(12-14-19)24-15-9-10-20(21(24)26)25(22(27)28)16-17-30(4,5)6/h9-10,15,18-19H,11-14,16-17H2,1-8H3,(H,27,28). The van der Waals surface area contributed by atoms with E-state index in [4.69, 9.17) is 4.43 Å². The molecule has 1 N–H and O–H groups in total. The van der Waals surface area contributed by atoms with Crippen molar-refractivity contribution in [3.8, 4) is 0 Å². The van der Waals surface area contributed by atoms with E-state index in [2.05, 4.69) is 53.5 Å². The molecule has 0 bridgehead atoms. The first kappa shape index (κ1) is 25.9. The van der Waals surface area contributed by atoms with E-state index in [-0.39, 0.29) is 28.4 Å². The third-order valence-electron chi connectivity index (χ3n) is 6.87. The minimum Gasteiger partial charge on any atom is -0.465 e. The molecule has 1 heterocycles. The lowest BCUT2D eigenvalue weighted by molar-refractivity contribution is 0.117. The van der Waals surface area contributed by atoms with Crippen LogP contribution in [0, 0.1) is 0 Å². The van der Waals surface area contributed by atoms with Gasteiger partial charge in [0, 0.05) is 33.0 Å². The number of anilines is 1. The van der Waals surface area contributed by atoms with E-state index in [1.54, 1.807) is 16.7 Å². The number of amides is 1. The average Bonchev–Trinajstić information content (AvgIpc) is 2.61. The van der Waals surface area contributed by atoms with Crippen LogP contribution in [0.1, 0.15) is 52.5 Å². The van der Waals surface area contributed by atoms with Gasteiger partial charge in [-0.15, -0.1) is 0 Å². The molecule has 31 heavy (non-hydrogen) atoms. The number of pyridine rings is 1. The molecule has 1 aromatic rings. The van der Waals surface area contributed by atoms with Gasteiger partial charge in [-0.1, -0.05) is 40.4 Å². The van der Waals surface area contributed by atoms with Crippen LogP contribution in [-0.2, 0) is 4.43 Å². The fraction of sp³-hybridized carbons (Fsp3) is 0.739. The number of carbonyl (C=O) groups is 1. The van der Waals surface area contributed by atoms with E-state index in [0.717, 1.165) is 31.7 Å². The molecule has 0 spiro atoms. The van der Waals surface area contributed by atoms with E-state index in [1.165, 1.54) is 4.90 Å². The van der Waals surface area contributed by atoms with E-state index < -0.39 is 22.5 Å². The number of hydrogen-bond acceptors (Lipinski definition) is 3. The van der Waals surface area contributed by atoms with Crippen LogP contribution in [0.2, 0.25) is 43.8 Å². The second-order valence-electron chi connectivity index (χ2n) is 11.7. The lowest BCUT2D eigenvalue weighted by atomic mass is 9.93. The van der Waals surface area contributed by atoms with Gasteiger partial charge in [-0.25, -0.2) is 4.79 Å². The third-order valence-corrected chi connectivity index (χ3v) is 13.1. The Balaban J connectivity index is 2.14. The van der Waals surface area contributed by atoms with Crippen molar-refractivity contribution in [1.29, 1.82) is 0 Å². The molecule has 0 saturated heterocycles. The molecule has 1 amide bonds. The van der Waals surface area contributed by atoms with Crippen LogP contribution in [-0.4, -0.2) is 44.8 Å². The van der Waals surface area contributed by atoms with Gasteiger partial charge in [-0.05, 0) is 62.0 Å². The fourth-order valence-electron chi connectivity index (χ4n) is 3.79. The van der Waals surface area contributed by atoms with Crippen molar-refractivity contribution in [1.82, 2.24) is 4.57 Å². The highest BCUT2D eigenvalue weighted by Crippen LogP contribution is 2.40. The summed E-state index contributed by atoms with van der Waals surface area (Å²) >= 11 is 0. The summed E-state index contributed by atoms with van der Waals surface area (Å²) in [5.41, 5.74) is 0.0714. The Kier molecular flexibility index (Phi) is 8.03. The van der Waals surface area contributed by atoms with Crippen LogP contribution in [0.25, 0.3) is 0 Å². The zero-order chi connectivity index (χ0) is 23.6. The molecule has 176 valence electrons. The average molecular weight is 467 g/mol. The molecule has 6 nitrogen and oxygen atoms in total. The number of hydrogen-bond donors (Lipinski definition) is 1. The molecule has 2 rings (SSSR count). The monoisotopic (exact) mass is 466 g/mol. The molecule has 0 aliphatic heterocycles. The first-order chi connectivity index (χ1) is 14.1. The summed E-state index contributed by atoms with van der Waals surface area (Å²) in [6.45, 7) is 18.3. The Morgan fingerprint density at radius 2 is 1.74 bits per heavy atom. The fourth-order valence-corrected chi connectivity index (χ4v) is 6.11. The van der Waals surface area contributed by atoms with Crippen LogP contribution < -0.4 is 10.5 Å². The molecular formula is C23H42N2O4Si2. The number of aromatic nitrogens is 1. The summed E-state index contributed by atoms with van der Waals surface area (Å²) in [4.78, 5) is 26.4. The van der Waals surface area contributed by atoms with Gasteiger partial charge in [0.05, 0.1) is 0 Å². The van der Waals surface area contributed by atoms with E-state index in [9.17, 15) is 14.7 Å². The molecule has 1 aliphatic carbocycles. The lowest BCUT2D eigenvalue weighted by Gasteiger charge is -2.41. The zero-order valence-electron chi connectivity index (χ0n) is 20.7. The summed E-state index contributed by atoms with van der Waals surface area (Å²) < 4.78 is 8.34. The minimum atomic E-state index is -1.80. The summed E-state index contributed by atoms with van der Waals surface area (Å²) in [7, 11) is -3.23. The molecule has 0 aromatic carbocycles. The van der Waals surface area contributed by atoms with Crippen LogP contribution in [0.3, 0.4) is 0 Å². The molecule has 1 fully saturated rings. The van der Waals surface area contributed by atoms with Crippen molar-refractivity contribution in [2.24, 2.45) is 0 Å². The topological polar surface area (TPSA) is 71.8 Å². The third kappa shape index (κ3) is 6.79. The summed E-state index contributed by atoms with van der Waals surface area (Å²) in [6, 6.07) is 4.37. The van der Waals surface area contributed by atoms with Gasteiger partial charge < -0.3 is 14.1 Å². The zero-order valence-corrected chi connectivity index (χ0v) is 22.7. The number of rotatable bonds is 7. The van der Waals surface area contributed by atoms with Crippen molar-refractivity contribution in [2.45, 2.75) is 102 Å². The van der Waals surface area contributed by atoms with Crippen molar-refractivity contribution >= 4 is 28.2 Å². The summed E-state index contributed by atoms with van der Waals surface area (Å²) in [5, 5.41) is 9.92. The van der Waals surface area contributed by atoms with Crippen molar-refractivity contribution < 1.29 is 14.3 Å². The first-order valence-electron chi connectivity index (χ1n) is 11.5. The van der Waals surface area contributed by atoms with Gasteiger partial charge >= 0.3 is 6.09 Å². The maximum Gasteiger partial charge on any atom is 0.411 e. The molecular weight excluding hydrogens is 424 g/mol. The second kappa shape index (κ2) is 9.62.